The Morgan fingerprint density at radius 2 is 2.07 bits per heavy atom. The molecule has 0 aliphatic carbocycles. The molecule has 0 unspecified atom stereocenters. The summed E-state index contributed by atoms with van der Waals surface area (Å²) in [6.45, 7) is 6.99. The molecule has 2 N–H and O–H groups in total. The average molecular weight is 397 g/mol. The van der Waals surface area contributed by atoms with Crippen LogP contribution in [0.15, 0.2) is 52.7 Å². The van der Waals surface area contributed by atoms with Crippen LogP contribution in [0, 0.1) is 0 Å². The van der Waals surface area contributed by atoms with Crippen LogP contribution < -0.4 is 10.2 Å². The molecular weight excluding hydrogens is 372 g/mol. The number of H-pyrrole nitrogens is 1. The molecule has 0 fully saturated rings. The van der Waals surface area contributed by atoms with Gasteiger partial charge in [-0.1, -0.05) is 32.5 Å². The first-order chi connectivity index (χ1) is 13.5. The Kier molecular flexibility index (Phi) is 6.71. The van der Waals surface area contributed by atoms with Crippen LogP contribution in [-0.4, -0.2) is 33.9 Å². The summed E-state index contributed by atoms with van der Waals surface area (Å²) in [5.41, 5.74) is 5.64. The number of amides is 1. The molecule has 0 bridgehead atoms. The fourth-order valence-electron chi connectivity index (χ4n) is 2.51. The highest BCUT2D eigenvalue weighted by molar-refractivity contribution is 7.99. The van der Waals surface area contributed by atoms with Gasteiger partial charge in [-0.2, -0.15) is 5.10 Å². The highest BCUT2D eigenvalue weighted by Gasteiger charge is 2.09. The number of benzene rings is 2. The fraction of sp³-hybridized carbons (Fsp3) is 0.286. The largest absolute Gasteiger partial charge is 0.494 e. The zero-order valence-electron chi connectivity index (χ0n) is 16.2. The van der Waals surface area contributed by atoms with E-state index in [1.165, 1.54) is 0 Å². The Balaban J connectivity index is 1.61. The number of hydrogen-bond donors (Lipinski definition) is 2. The van der Waals surface area contributed by atoms with E-state index in [0.29, 0.717) is 17.4 Å². The van der Waals surface area contributed by atoms with E-state index in [2.05, 4.69) is 41.3 Å². The van der Waals surface area contributed by atoms with Gasteiger partial charge in [0.2, 0.25) is 0 Å². The zero-order chi connectivity index (χ0) is 19.9. The lowest BCUT2D eigenvalue weighted by molar-refractivity contribution is 0.0955. The SMILES string of the molecule is CCCOc1ccc(/C=N\NC(=O)c2ccc3nc(SC(C)C)[nH]c3c2)cc1. The molecule has 1 aromatic heterocycles. The molecule has 2 aromatic carbocycles. The van der Waals surface area contributed by atoms with E-state index < -0.39 is 0 Å². The van der Waals surface area contributed by atoms with E-state index in [0.717, 1.165) is 33.9 Å². The minimum Gasteiger partial charge on any atom is -0.494 e. The van der Waals surface area contributed by atoms with Gasteiger partial charge in [0.05, 0.1) is 23.9 Å². The molecule has 0 saturated carbocycles. The summed E-state index contributed by atoms with van der Waals surface area (Å²) >= 11 is 1.66. The van der Waals surface area contributed by atoms with Crippen LogP contribution in [0.3, 0.4) is 0 Å². The van der Waals surface area contributed by atoms with Gasteiger partial charge in [0.25, 0.3) is 5.91 Å². The normalized spacial score (nSPS) is 11.4. The monoisotopic (exact) mass is 396 g/mol. The number of aromatic nitrogens is 2. The number of fused-ring (bicyclic) bond motifs is 1. The maximum Gasteiger partial charge on any atom is 0.271 e. The lowest BCUT2D eigenvalue weighted by Crippen LogP contribution is -2.17. The molecule has 7 heteroatoms. The first-order valence-corrected chi connectivity index (χ1v) is 10.2. The van der Waals surface area contributed by atoms with Crippen molar-refractivity contribution in [1.82, 2.24) is 15.4 Å². The third-order valence-corrected chi connectivity index (χ3v) is 4.69. The Labute approximate surface area is 168 Å². The van der Waals surface area contributed by atoms with Crippen molar-refractivity contribution in [2.24, 2.45) is 5.10 Å². The molecular formula is C21H24N4O2S. The van der Waals surface area contributed by atoms with E-state index in [-0.39, 0.29) is 5.91 Å². The standard InChI is InChI=1S/C21H24N4O2S/c1-4-11-27-17-8-5-15(6-9-17)13-22-25-20(26)16-7-10-18-19(12-16)24-21(23-18)28-14(2)3/h5-10,12-14H,4,11H2,1-3H3,(H,23,24)(H,25,26)/b22-13-. The third-order valence-electron chi connectivity index (χ3n) is 3.80. The highest BCUT2D eigenvalue weighted by atomic mass is 32.2. The number of hydrogen-bond acceptors (Lipinski definition) is 5. The quantitative estimate of drug-likeness (QED) is 0.331. The lowest BCUT2D eigenvalue weighted by Gasteiger charge is -2.04. The van der Waals surface area contributed by atoms with Gasteiger partial charge in [-0.05, 0) is 54.4 Å². The number of nitrogens with zero attached hydrogens (tertiary/aromatic N) is 2. The third kappa shape index (κ3) is 5.36. The summed E-state index contributed by atoms with van der Waals surface area (Å²) < 4.78 is 5.54. The van der Waals surface area contributed by atoms with Crippen molar-refractivity contribution < 1.29 is 9.53 Å². The molecule has 0 radical (unpaired) electrons. The van der Waals surface area contributed by atoms with Crippen LogP contribution in [0.1, 0.15) is 43.1 Å². The number of ether oxygens (including phenoxy) is 1. The molecule has 0 saturated heterocycles. The Morgan fingerprint density at radius 3 is 2.79 bits per heavy atom. The predicted octanol–water partition coefficient (Wildman–Crippen LogP) is 4.62. The number of carbonyl (C=O) groups is 1. The maximum atomic E-state index is 12.4. The van der Waals surface area contributed by atoms with Crippen LogP contribution in [-0.2, 0) is 0 Å². The van der Waals surface area contributed by atoms with Gasteiger partial charge >= 0.3 is 0 Å². The smallest absolute Gasteiger partial charge is 0.271 e. The maximum absolute atomic E-state index is 12.4. The Hall–Kier alpha value is -2.80. The molecule has 0 atom stereocenters. The van der Waals surface area contributed by atoms with Gasteiger partial charge in [0.1, 0.15) is 5.75 Å². The summed E-state index contributed by atoms with van der Waals surface area (Å²) in [5.74, 6) is 0.555. The number of nitrogens with one attached hydrogen (secondary N) is 2. The summed E-state index contributed by atoms with van der Waals surface area (Å²) in [7, 11) is 0. The second-order valence-electron chi connectivity index (χ2n) is 6.56. The molecule has 146 valence electrons. The van der Waals surface area contributed by atoms with E-state index in [1.54, 1.807) is 30.1 Å². The molecule has 0 aliphatic rings. The Morgan fingerprint density at radius 1 is 1.29 bits per heavy atom. The number of aromatic amines is 1. The van der Waals surface area contributed by atoms with Crippen molar-refractivity contribution >= 4 is 34.9 Å². The van der Waals surface area contributed by atoms with Crippen molar-refractivity contribution in [3.8, 4) is 5.75 Å². The van der Waals surface area contributed by atoms with Crippen molar-refractivity contribution in [2.45, 2.75) is 37.6 Å². The number of thioether (sulfide) groups is 1. The fourth-order valence-corrected chi connectivity index (χ4v) is 3.27. The highest BCUT2D eigenvalue weighted by Crippen LogP contribution is 2.23. The van der Waals surface area contributed by atoms with Crippen molar-refractivity contribution in [3.63, 3.8) is 0 Å². The minimum absolute atomic E-state index is 0.270. The second-order valence-corrected chi connectivity index (χ2v) is 8.12. The summed E-state index contributed by atoms with van der Waals surface area (Å²) in [5, 5.41) is 5.33. The summed E-state index contributed by atoms with van der Waals surface area (Å²) in [4.78, 5) is 20.1. The number of carbonyl (C=O) groups excluding carboxylic acids is 1. The molecule has 1 amide bonds. The van der Waals surface area contributed by atoms with Gasteiger partial charge in [-0.25, -0.2) is 10.4 Å². The van der Waals surface area contributed by atoms with Crippen LogP contribution >= 0.6 is 11.8 Å². The van der Waals surface area contributed by atoms with E-state index in [1.807, 2.05) is 30.3 Å². The second kappa shape index (κ2) is 9.41. The average Bonchev–Trinajstić information content (AvgIpc) is 3.07. The molecule has 28 heavy (non-hydrogen) atoms. The van der Waals surface area contributed by atoms with E-state index in [4.69, 9.17) is 4.74 Å². The van der Waals surface area contributed by atoms with Crippen molar-refractivity contribution in [3.05, 3.63) is 53.6 Å². The van der Waals surface area contributed by atoms with Crippen LogP contribution in [0.2, 0.25) is 0 Å². The van der Waals surface area contributed by atoms with Gasteiger partial charge < -0.3 is 9.72 Å². The minimum atomic E-state index is -0.270. The topological polar surface area (TPSA) is 79.4 Å². The van der Waals surface area contributed by atoms with E-state index >= 15 is 0 Å². The molecule has 3 rings (SSSR count). The zero-order valence-corrected chi connectivity index (χ0v) is 17.0. The Bertz CT molecular complexity index is 964. The van der Waals surface area contributed by atoms with Gasteiger partial charge in [-0.3, -0.25) is 4.79 Å². The first kappa shape index (κ1) is 19.9. The molecule has 1 heterocycles. The number of imidazole rings is 1. The van der Waals surface area contributed by atoms with Crippen LogP contribution in [0.25, 0.3) is 11.0 Å². The number of hydrazone groups is 1. The van der Waals surface area contributed by atoms with Crippen molar-refractivity contribution in [2.75, 3.05) is 6.61 Å². The van der Waals surface area contributed by atoms with Gasteiger partial charge in [0, 0.05) is 10.8 Å². The molecule has 3 aromatic rings. The summed E-state index contributed by atoms with van der Waals surface area (Å²) in [6, 6.07) is 12.9. The lowest BCUT2D eigenvalue weighted by atomic mass is 10.2. The van der Waals surface area contributed by atoms with Gasteiger partial charge in [0.15, 0.2) is 5.16 Å². The summed E-state index contributed by atoms with van der Waals surface area (Å²) in [6.07, 6.45) is 2.57. The van der Waals surface area contributed by atoms with Gasteiger partial charge in [-0.15, -0.1) is 0 Å². The van der Waals surface area contributed by atoms with E-state index in [9.17, 15) is 4.79 Å². The van der Waals surface area contributed by atoms with Crippen molar-refractivity contribution in [1.29, 1.82) is 0 Å². The molecule has 0 aliphatic heterocycles. The first-order valence-electron chi connectivity index (χ1n) is 9.28. The molecule has 0 spiro atoms. The molecule has 6 nitrogen and oxygen atoms in total. The predicted molar refractivity (Wildman–Crippen MR) is 114 cm³/mol. The number of rotatable bonds is 8. The van der Waals surface area contributed by atoms with Crippen LogP contribution in [0.5, 0.6) is 5.75 Å². The van der Waals surface area contributed by atoms with Crippen LogP contribution in [0.4, 0.5) is 0 Å².